The van der Waals surface area contributed by atoms with Crippen molar-refractivity contribution in [3.05, 3.63) is 101 Å². The maximum absolute atomic E-state index is 13.5. The summed E-state index contributed by atoms with van der Waals surface area (Å²) < 4.78 is 0. The zero-order valence-electron chi connectivity index (χ0n) is 19.0. The number of phenolic OH excluding ortho intramolecular Hbond substituents is 2. The Balaban J connectivity index is 1.73. The second-order valence-corrected chi connectivity index (χ2v) is 8.41. The molecule has 0 heterocycles. The van der Waals surface area contributed by atoms with E-state index in [1.165, 1.54) is 12.1 Å². The van der Waals surface area contributed by atoms with Gasteiger partial charge in [0.1, 0.15) is 5.75 Å². The number of allylic oxidation sites excluding steroid dienone is 2. The lowest BCUT2D eigenvalue weighted by molar-refractivity contribution is 0.0975. The molecule has 34 heavy (non-hydrogen) atoms. The molecule has 6 nitrogen and oxygen atoms in total. The van der Waals surface area contributed by atoms with Gasteiger partial charge in [0.15, 0.2) is 17.3 Å². The molecule has 0 fully saturated rings. The molecule has 0 amide bonds. The molecule has 6 heteroatoms. The predicted molar refractivity (Wildman–Crippen MR) is 134 cm³/mol. The van der Waals surface area contributed by atoms with E-state index in [0.717, 1.165) is 11.3 Å². The predicted octanol–water partition coefficient (Wildman–Crippen LogP) is 5.98. The van der Waals surface area contributed by atoms with E-state index < -0.39 is 17.6 Å². The molecule has 0 bridgehead atoms. The Bertz CT molecular complexity index is 1290. The number of phenols is 2. The molecule has 1 aliphatic carbocycles. The molecule has 0 aliphatic heterocycles. The van der Waals surface area contributed by atoms with E-state index in [0.29, 0.717) is 12.1 Å². The van der Waals surface area contributed by atoms with E-state index in [9.17, 15) is 19.8 Å². The zero-order valence-corrected chi connectivity index (χ0v) is 19.0. The van der Waals surface area contributed by atoms with Crippen molar-refractivity contribution in [1.29, 1.82) is 0 Å². The fourth-order valence-corrected chi connectivity index (χ4v) is 3.94. The standard InChI is InChI=1S/C28H26N2O4/c1-17(2)13-14-21(29-18-9-5-3-6-10-18)20-15-23(31)26-25(27(20)33)24(32)16-22(28(26)34)30-19-11-7-4-8-12-19/h3-13,15-16,21,29-30,32,34H,14H2,1-2H3. The normalized spacial score (nSPS) is 13.5. The van der Waals surface area contributed by atoms with Gasteiger partial charge in [-0.2, -0.15) is 0 Å². The van der Waals surface area contributed by atoms with Gasteiger partial charge in [-0.05, 0) is 50.6 Å². The Morgan fingerprint density at radius 1 is 0.912 bits per heavy atom. The van der Waals surface area contributed by atoms with Crippen molar-refractivity contribution in [1.82, 2.24) is 0 Å². The van der Waals surface area contributed by atoms with Crippen molar-refractivity contribution in [3.63, 3.8) is 0 Å². The number of nitrogens with one attached hydrogen (secondary N) is 2. The molecule has 172 valence electrons. The number of hydrogen-bond donors (Lipinski definition) is 4. The first kappa shape index (κ1) is 22.9. The van der Waals surface area contributed by atoms with Crippen LogP contribution in [0.2, 0.25) is 0 Å². The lowest BCUT2D eigenvalue weighted by Gasteiger charge is -2.26. The minimum atomic E-state index is -0.536. The van der Waals surface area contributed by atoms with Crippen LogP contribution >= 0.6 is 0 Å². The molecule has 0 radical (unpaired) electrons. The molecule has 0 saturated heterocycles. The molecule has 3 aromatic carbocycles. The van der Waals surface area contributed by atoms with Crippen molar-refractivity contribution in [2.24, 2.45) is 0 Å². The number of Topliss-reactive ketones (excluding diaryl/α,β-unsaturated/α-hetero) is 1. The number of carbonyl (C=O) groups is 2. The number of para-hydroxylation sites is 2. The number of anilines is 3. The number of hydrogen-bond acceptors (Lipinski definition) is 6. The highest BCUT2D eigenvalue weighted by atomic mass is 16.3. The molecule has 3 aromatic rings. The van der Waals surface area contributed by atoms with Crippen LogP contribution in [0.5, 0.6) is 11.5 Å². The molecule has 4 N–H and O–H groups in total. The first-order valence-corrected chi connectivity index (χ1v) is 11.0. The molecule has 1 atom stereocenters. The molecular weight excluding hydrogens is 428 g/mol. The monoisotopic (exact) mass is 454 g/mol. The topological polar surface area (TPSA) is 98.7 Å². The van der Waals surface area contributed by atoms with E-state index in [1.807, 2.05) is 68.5 Å². The fraction of sp³-hybridized carbons (Fsp3) is 0.143. The lowest BCUT2D eigenvalue weighted by atomic mass is 9.83. The third-order valence-electron chi connectivity index (χ3n) is 5.61. The van der Waals surface area contributed by atoms with Crippen molar-refractivity contribution in [3.8, 4) is 11.5 Å². The van der Waals surface area contributed by atoms with Crippen molar-refractivity contribution < 1.29 is 19.8 Å². The number of aromatic hydroxyl groups is 2. The SMILES string of the molecule is CC(C)=CCC(Nc1ccccc1)C1=CC(=O)c2c(O)c(Nc3ccccc3)cc(O)c2C1=O. The van der Waals surface area contributed by atoms with Crippen LogP contribution in [-0.4, -0.2) is 27.8 Å². The van der Waals surface area contributed by atoms with Gasteiger partial charge in [0.05, 0.1) is 22.9 Å². The minimum absolute atomic E-state index is 0.143. The molecule has 0 saturated carbocycles. The maximum Gasteiger partial charge on any atom is 0.195 e. The van der Waals surface area contributed by atoms with Crippen LogP contribution in [0, 0.1) is 0 Å². The second-order valence-electron chi connectivity index (χ2n) is 8.41. The zero-order chi connectivity index (χ0) is 24.2. The van der Waals surface area contributed by atoms with Gasteiger partial charge < -0.3 is 20.8 Å². The number of carbonyl (C=O) groups excluding carboxylic acids is 2. The molecule has 4 rings (SSSR count). The van der Waals surface area contributed by atoms with Crippen molar-refractivity contribution in [2.75, 3.05) is 10.6 Å². The van der Waals surface area contributed by atoms with Gasteiger partial charge in [0.2, 0.25) is 0 Å². The number of benzene rings is 3. The number of fused-ring (bicyclic) bond motifs is 1. The van der Waals surface area contributed by atoms with Crippen molar-refractivity contribution >= 4 is 28.6 Å². The summed E-state index contributed by atoms with van der Waals surface area (Å²) in [4.78, 5) is 26.7. The summed E-state index contributed by atoms with van der Waals surface area (Å²) >= 11 is 0. The summed E-state index contributed by atoms with van der Waals surface area (Å²) in [6, 6.07) is 19.2. The van der Waals surface area contributed by atoms with Crippen molar-refractivity contribution in [2.45, 2.75) is 26.3 Å². The van der Waals surface area contributed by atoms with E-state index in [2.05, 4.69) is 10.6 Å². The third kappa shape index (κ3) is 4.71. The quantitative estimate of drug-likeness (QED) is 0.199. The number of ketones is 2. The van der Waals surface area contributed by atoms with E-state index in [1.54, 1.807) is 12.1 Å². The van der Waals surface area contributed by atoms with Gasteiger partial charge in [0.25, 0.3) is 0 Å². The van der Waals surface area contributed by atoms with Crippen LogP contribution in [0.15, 0.2) is 90.0 Å². The van der Waals surface area contributed by atoms with Crippen LogP contribution in [0.25, 0.3) is 0 Å². The largest absolute Gasteiger partial charge is 0.507 e. The lowest BCUT2D eigenvalue weighted by Crippen LogP contribution is -2.30. The molecular formula is C28H26N2O4. The smallest absolute Gasteiger partial charge is 0.195 e. The Hall–Kier alpha value is -4.32. The van der Waals surface area contributed by atoms with Crippen LogP contribution in [0.3, 0.4) is 0 Å². The second kappa shape index (κ2) is 9.67. The molecule has 1 unspecified atom stereocenters. The summed E-state index contributed by atoms with van der Waals surface area (Å²) in [7, 11) is 0. The molecule has 1 aliphatic rings. The van der Waals surface area contributed by atoms with Gasteiger partial charge in [0, 0.05) is 23.0 Å². The highest BCUT2D eigenvalue weighted by Gasteiger charge is 2.35. The van der Waals surface area contributed by atoms with Gasteiger partial charge in [-0.25, -0.2) is 0 Å². The Labute approximate surface area is 198 Å². The Kier molecular flexibility index (Phi) is 6.50. The summed E-state index contributed by atoms with van der Waals surface area (Å²) in [5.41, 5.74) is 2.53. The first-order valence-electron chi connectivity index (χ1n) is 11.0. The van der Waals surface area contributed by atoms with E-state index in [4.69, 9.17) is 0 Å². The van der Waals surface area contributed by atoms with Gasteiger partial charge in [-0.15, -0.1) is 0 Å². The van der Waals surface area contributed by atoms with Crippen LogP contribution in [0.1, 0.15) is 41.0 Å². The highest BCUT2D eigenvalue weighted by Crippen LogP contribution is 2.42. The fourth-order valence-electron chi connectivity index (χ4n) is 3.94. The minimum Gasteiger partial charge on any atom is -0.507 e. The summed E-state index contributed by atoms with van der Waals surface area (Å²) in [6.45, 7) is 3.92. The Morgan fingerprint density at radius 2 is 1.53 bits per heavy atom. The average molecular weight is 455 g/mol. The molecule has 0 spiro atoms. The van der Waals surface area contributed by atoms with Crippen LogP contribution in [0.4, 0.5) is 17.1 Å². The highest BCUT2D eigenvalue weighted by molar-refractivity contribution is 6.27. The first-order chi connectivity index (χ1) is 16.3. The number of rotatable bonds is 7. The van der Waals surface area contributed by atoms with Gasteiger partial charge >= 0.3 is 0 Å². The Morgan fingerprint density at radius 3 is 2.15 bits per heavy atom. The summed E-state index contributed by atoms with van der Waals surface area (Å²) in [5.74, 6) is -1.77. The van der Waals surface area contributed by atoms with Crippen LogP contribution < -0.4 is 10.6 Å². The van der Waals surface area contributed by atoms with Gasteiger partial charge in [-0.1, -0.05) is 48.0 Å². The summed E-state index contributed by atoms with van der Waals surface area (Å²) in [6.07, 6.45) is 3.71. The molecule has 0 aromatic heterocycles. The van der Waals surface area contributed by atoms with Gasteiger partial charge in [-0.3, -0.25) is 9.59 Å². The summed E-state index contributed by atoms with van der Waals surface area (Å²) in [5, 5.41) is 27.9. The third-order valence-corrected chi connectivity index (χ3v) is 5.61. The average Bonchev–Trinajstić information content (AvgIpc) is 2.82. The van der Waals surface area contributed by atoms with E-state index in [-0.39, 0.29) is 33.9 Å². The van der Waals surface area contributed by atoms with Crippen LogP contribution in [-0.2, 0) is 0 Å². The van der Waals surface area contributed by atoms with E-state index >= 15 is 0 Å². The maximum atomic E-state index is 13.5.